The lowest BCUT2D eigenvalue weighted by Gasteiger charge is -2.37. The second-order valence-electron chi connectivity index (χ2n) is 14.2. The second-order valence-corrected chi connectivity index (χ2v) is 14.2. The normalized spacial score (nSPS) is 16.9. The largest absolute Gasteiger partial charge is 0.480 e. The molecule has 8 heteroatoms. The van der Waals surface area contributed by atoms with Crippen molar-refractivity contribution in [1.82, 2.24) is 15.1 Å². The molecule has 0 aromatic heterocycles. The molecule has 0 aliphatic carbocycles. The number of carbonyl (C=O) groups excluding carboxylic acids is 2. The first-order valence-electron chi connectivity index (χ1n) is 17.1. The molecule has 4 aromatic carbocycles. The molecule has 2 heterocycles. The highest BCUT2D eigenvalue weighted by Gasteiger charge is 2.37. The Morgan fingerprint density at radius 1 is 0.837 bits per heavy atom. The van der Waals surface area contributed by atoms with E-state index in [2.05, 4.69) is 43.1 Å². The number of aliphatic carboxylic acids is 1. The van der Waals surface area contributed by atoms with Crippen LogP contribution >= 0.6 is 0 Å². The second kappa shape index (κ2) is 14.7. The van der Waals surface area contributed by atoms with Gasteiger partial charge in [0, 0.05) is 19.4 Å². The summed E-state index contributed by atoms with van der Waals surface area (Å²) in [5, 5.41) is 12.9. The third-order valence-electron chi connectivity index (χ3n) is 9.56. The van der Waals surface area contributed by atoms with Gasteiger partial charge in [0.1, 0.15) is 23.6 Å². The van der Waals surface area contributed by atoms with Gasteiger partial charge >= 0.3 is 5.97 Å². The van der Waals surface area contributed by atoms with Crippen LogP contribution in [0.3, 0.4) is 0 Å². The van der Waals surface area contributed by atoms with Gasteiger partial charge in [-0.2, -0.15) is 0 Å². The number of benzene rings is 4. The van der Waals surface area contributed by atoms with Gasteiger partial charge in [-0.15, -0.1) is 0 Å². The lowest BCUT2D eigenvalue weighted by Crippen LogP contribution is -2.57. The van der Waals surface area contributed by atoms with E-state index in [1.54, 1.807) is 4.90 Å². The van der Waals surface area contributed by atoms with Gasteiger partial charge in [0.05, 0.1) is 6.54 Å². The number of carbonyl (C=O) groups is 3. The fraction of sp³-hybridized carbons (Fsp3) is 0.341. The zero-order valence-electron chi connectivity index (χ0n) is 28.5. The Bertz CT molecular complexity index is 1780. The minimum atomic E-state index is -1.15. The van der Waals surface area contributed by atoms with Crippen LogP contribution < -0.4 is 10.1 Å². The summed E-state index contributed by atoms with van der Waals surface area (Å²) >= 11 is 0. The van der Waals surface area contributed by atoms with Crippen LogP contribution in [-0.4, -0.2) is 64.4 Å². The minimum Gasteiger partial charge on any atom is -0.480 e. The summed E-state index contributed by atoms with van der Waals surface area (Å²) < 4.78 is 6.20. The van der Waals surface area contributed by atoms with Gasteiger partial charge < -0.3 is 20.1 Å². The number of amides is 2. The summed E-state index contributed by atoms with van der Waals surface area (Å²) in [5.41, 5.74) is 6.00. The number of nitrogens with zero attached hydrogens (tertiary/aromatic N) is 2. The number of hydrogen-bond donors (Lipinski definition) is 2. The van der Waals surface area contributed by atoms with Gasteiger partial charge in [0.25, 0.3) is 0 Å². The highest BCUT2D eigenvalue weighted by atomic mass is 16.5. The lowest BCUT2D eigenvalue weighted by atomic mass is 9.87. The molecule has 254 valence electrons. The zero-order chi connectivity index (χ0) is 34.5. The van der Waals surface area contributed by atoms with Crippen LogP contribution in [-0.2, 0) is 39.2 Å². The number of nitrogens with one attached hydrogen (secondary N) is 1. The maximum Gasteiger partial charge on any atom is 0.326 e. The Balaban J connectivity index is 1.19. The smallest absolute Gasteiger partial charge is 0.326 e. The maximum absolute atomic E-state index is 13.9. The summed E-state index contributed by atoms with van der Waals surface area (Å²) in [6.07, 6.45) is 2.50. The molecule has 0 saturated carbocycles. The van der Waals surface area contributed by atoms with Crippen LogP contribution in [0, 0.1) is 0 Å². The summed E-state index contributed by atoms with van der Waals surface area (Å²) in [4.78, 5) is 43.8. The van der Waals surface area contributed by atoms with Crippen LogP contribution in [0.2, 0.25) is 0 Å². The molecular formula is C41H45N3O5. The number of ether oxygens (including phenoxy) is 1. The molecular weight excluding hydrogens is 614 g/mol. The highest BCUT2D eigenvalue weighted by molar-refractivity contribution is 5.91. The topological polar surface area (TPSA) is 99.2 Å². The number of rotatable bonds is 10. The van der Waals surface area contributed by atoms with Crippen molar-refractivity contribution in [2.45, 2.75) is 70.5 Å². The molecule has 0 unspecified atom stereocenters. The van der Waals surface area contributed by atoms with E-state index in [0.717, 1.165) is 59.5 Å². The molecule has 6 rings (SSSR count). The molecule has 49 heavy (non-hydrogen) atoms. The highest BCUT2D eigenvalue weighted by Crippen LogP contribution is 2.32. The van der Waals surface area contributed by atoms with E-state index in [9.17, 15) is 19.5 Å². The first kappa shape index (κ1) is 33.9. The third kappa shape index (κ3) is 8.38. The summed E-state index contributed by atoms with van der Waals surface area (Å²) in [6, 6.07) is 29.5. The van der Waals surface area contributed by atoms with Gasteiger partial charge in [-0.05, 0) is 89.0 Å². The first-order chi connectivity index (χ1) is 23.5. The van der Waals surface area contributed by atoms with Crippen molar-refractivity contribution in [3.05, 3.63) is 119 Å². The molecule has 8 nitrogen and oxygen atoms in total. The van der Waals surface area contributed by atoms with Crippen molar-refractivity contribution in [2.24, 2.45) is 0 Å². The van der Waals surface area contributed by atoms with Gasteiger partial charge in [-0.25, -0.2) is 4.79 Å². The van der Waals surface area contributed by atoms with E-state index < -0.39 is 24.0 Å². The van der Waals surface area contributed by atoms with Gasteiger partial charge in [-0.3, -0.25) is 14.5 Å². The van der Waals surface area contributed by atoms with Crippen molar-refractivity contribution >= 4 is 17.8 Å². The van der Waals surface area contributed by atoms with Crippen LogP contribution in [0.25, 0.3) is 11.1 Å². The fourth-order valence-corrected chi connectivity index (χ4v) is 6.67. The van der Waals surface area contributed by atoms with Crippen molar-refractivity contribution in [2.75, 3.05) is 19.6 Å². The van der Waals surface area contributed by atoms with E-state index in [1.165, 1.54) is 5.56 Å². The number of hydrogen-bond acceptors (Lipinski definition) is 5. The standard InChI is InChI=1S/C41H45N3O5/c1-41(2,3)33-16-19-34(20-17-33)49-35-18-15-31-25-37(44(26-32(31)24-35)38(45)27-43-21-7-8-22-43)39(46)42-36(40(47)48)23-28-11-13-30(14-12-28)29-9-5-4-6-10-29/h4-6,9-20,24,36-37H,7-8,21-23,25-27H2,1-3H3,(H,42,46)(H,47,48)/t36-,37-/m0/s1. The molecule has 1 fully saturated rings. The van der Waals surface area contributed by atoms with E-state index in [1.807, 2.05) is 84.9 Å². The van der Waals surface area contributed by atoms with Crippen molar-refractivity contribution in [3.8, 4) is 22.6 Å². The van der Waals surface area contributed by atoms with E-state index in [0.29, 0.717) is 5.75 Å². The number of carboxylic acids is 1. The first-order valence-corrected chi connectivity index (χ1v) is 17.1. The SMILES string of the molecule is CC(C)(C)c1ccc(Oc2ccc3c(c2)CN(C(=O)CN2CCCC2)[C@H](C(=O)N[C@@H](Cc2ccc(-c4ccccc4)cc2)C(=O)O)C3)cc1. The minimum absolute atomic E-state index is 0.0386. The Morgan fingerprint density at radius 2 is 1.49 bits per heavy atom. The monoisotopic (exact) mass is 659 g/mol. The Morgan fingerprint density at radius 3 is 2.14 bits per heavy atom. The lowest BCUT2D eigenvalue weighted by molar-refractivity contribution is -0.145. The van der Waals surface area contributed by atoms with Crippen LogP contribution in [0.5, 0.6) is 11.5 Å². The zero-order valence-corrected chi connectivity index (χ0v) is 28.5. The molecule has 0 bridgehead atoms. The molecule has 2 aliphatic rings. The van der Waals surface area contributed by atoms with Crippen molar-refractivity contribution < 1.29 is 24.2 Å². The molecule has 0 radical (unpaired) electrons. The molecule has 4 aromatic rings. The predicted molar refractivity (Wildman–Crippen MR) is 191 cm³/mol. The molecule has 2 aliphatic heterocycles. The molecule has 2 atom stereocenters. The van der Waals surface area contributed by atoms with Crippen LogP contribution in [0.1, 0.15) is 55.9 Å². The molecule has 0 spiro atoms. The fourth-order valence-electron chi connectivity index (χ4n) is 6.67. The van der Waals surface area contributed by atoms with Gasteiger partial charge in [-0.1, -0.05) is 93.6 Å². The average Bonchev–Trinajstić information content (AvgIpc) is 3.61. The molecule has 1 saturated heterocycles. The average molecular weight is 660 g/mol. The van der Waals surface area contributed by atoms with E-state index in [4.69, 9.17) is 4.74 Å². The Kier molecular flexibility index (Phi) is 10.2. The quantitative estimate of drug-likeness (QED) is 0.199. The molecule has 2 N–H and O–H groups in total. The summed E-state index contributed by atoms with van der Waals surface area (Å²) in [7, 11) is 0. The van der Waals surface area contributed by atoms with Gasteiger partial charge in [0.15, 0.2) is 0 Å². The predicted octanol–water partition coefficient (Wildman–Crippen LogP) is 6.60. The Labute approximate surface area is 288 Å². The van der Waals surface area contributed by atoms with E-state index in [-0.39, 0.29) is 37.3 Å². The molecule has 2 amide bonds. The van der Waals surface area contributed by atoms with Crippen LogP contribution in [0.15, 0.2) is 97.1 Å². The Hall–Kier alpha value is -4.95. The number of carboxylic acid groups (broad SMARTS) is 1. The maximum atomic E-state index is 13.9. The van der Waals surface area contributed by atoms with Crippen molar-refractivity contribution in [1.29, 1.82) is 0 Å². The van der Waals surface area contributed by atoms with Gasteiger partial charge in [0.2, 0.25) is 11.8 Å². The van der Waals surface area contributed by atoms with E-state index >= 15 is 0 Å². The summed E-state index contributed by atoms with van der Waals surface area (Å²) in [6.45, 7) is 8.67. The third-order valence-corrected chi connectivity index (χ3v) is 9.56. The summed E-state index contributed by atoms with van der Waals surface area (Å²) in [5.74, 6) is -0.351. The van der Waals surface area contributed by atoms with Crippen molar-refractivity contribution in [3.63, 3.8) is 0 Å². The number of likely N-dealkylation sites (tertiary alicyclic amines) is 1. The van der Waals surface area contributed by atoms with Crippen LogP contribution in [0.4, 0.5) is 0 Å². The number of fused-ring (bicyclic) bond motifs is 1.